The van der Waals surface area contributed by atoms with Crippen LogP contribution in [0, 0.1) is 0 Å². The highest BCUT2D eigenvalue weighted by Crippen LogP contribution is 2.17. The molecule has 0 atom stereocenters. The van der Waals surface area contributed by atoms with E-state index in [1.807, 2.05) is 18.2 Å². The number of ether oxygens (including phenoxy) is 1. The number of aromatic hydroxyl groups is 1. The minimum atomic E-state index is -4.21. The summed E-state index contributed by atoms with van der Waals surface area (Å²) in [5.74, 6) is 0.388. The van der Waals surface area contributed by atoms with Crippen LogP contribution in [0.4, 0.5) is 0 Å². The van der Waals surface area contributed by atoms with Crippen molar-refractivity contribution in [2.75, 3.05) is 32.9 Å². The number of hydrogen-bond acceptors (Lipinski definition) is 6. The molecule has 144 valence electrons. The van der Waals surface area contributed by atoms with E-state index in [4.69, 9.17) is 9.29 Å². The second kappa shape index (κ2) is 12.2. The van der Waals surface area contributed by atoms with E-state index in [0.29, 0.717) is 12.2 Å². The molecule has 25 heavy (non-hydrogen) atoms. The lowest BCUT2D eigenvalue weighted by Crippen LogP contribution is -2.35. The second-order valence-corrected chi connectivity index (χ2v) is 6.92. The van der Waals surface area contributed by atoms with E-state index >= 15 is 0 Å². The van der Waals surface area contributed by atoms with Crippen LogP contribution < -0.4 is 0 Å². The summed E-state index contributed by atoms with van der Waals surface area (Å²) in [6.07, 6.45) is 3.76. The predicted molar refractivity (Wildman–Crippen MR) is 95.8 cm³/mol. The largest absolute Gasteiger partial charge is 0.508 e. The first-order valence-electron chi connectivity index (χ1n) is 8.61. The maximum Gasteiger partial charge on any atom is 0.397 e. The molecule has 0 aromatic heterocycles. The van der Waals surface area contributed by atoms with E-state index in [1.54, 1.807) is 6.07 Å². The third-order valence-corrected chi connectivity index (χ3v) is 4.18. The van der Waals surface area contributed by atoms with Crippen LogP contribution in [0.25, 0.3) is 0 Å². The summed E-state index contributed by atoms with van der Waals surface area (Å²) in [5.41, 5.74) is 0.995. The van der Waals surface area contributed by atoms with Crippen LogP contribution >= 0.6 is 0 Å². The summed E-state index contributed by atoms with van der Waals surface area (Å²) in [6.45, 7) is 6.46. The summed E-state index contributed by atoms with van der Waals surface area (Å²) in [4.78, 5) is 2.29. The smallest absolute Gasteiger partial charge is 0.397 e. The van der Waals surface area contributed by atoms with E-state index in [0.717, 1.165) is 57.7 Å². The zero-order chi connectivity index (χ0) is 18.5. The molecule has 1 aliphatic rings. The van der Waals surface area contributed by atoms with Crippen LogP contribution in [0.1, 0.15) is 38.2 Å². The number of benzene rings is 1. The van der Waals surface area contributed by atoms with Crippen LogP contribution in [0.2, 0.25) is 0 Å². The molecule has 7 nitrogen and oxygen atoms in total. The molecule has 8 heteroatoms. The van der Waals surface area contributed by atoms with Crippen LogP contribution in [-0.4, -0.2) is 55.9 Å². The Balaban J connectivity index is 0.000000260. The Morgan fingerprint density at radius 1 is 1.16 bits per heavy atom. The first-order valence-corrected chi connectivity index (χ1v) is 9.97. The van der Waals surface area contributed by atoms with Crippen molar-refractivity contribution in [3.63, 3.8) is 0 Å². The minimum absolute atomic E-state index is 0.0822. The topological polar surface area (TPSA) is 96.3 Å². The second-order valence-electron chi connectivity index (χ2n) is 5.83. The van der Waals surface area contributed by atoms with Gasteiger partial charge in [-0.1, -0.05) is 44.4 Å². The zero-order valence-electron chi connectivity index (χ0n) is 14.8. The Kier molecular flexibility index (Phi) is 10.7. The average Bonchev–Trinajstić information content (AvgIpc) is 2.57. The molecule has 1 aromatic rings. The van der Waals surface area contributed by atoms with Crippen molar-refractivity contribution in [3.8, 4) is 5.75 Å². The molecule has 1 fully saturated rings. The van der Waals surface area contributed by atoms with Crippen molar-refractivity contribution in [3.05, 3.63) is 29.8 Å². The highest BCUT2D eigenvalue weighted by Gasteiger charge is 2.11. The van der Waals surface area contributed by atoms with E-state index in [2.05, 4.69) is 16.0 Å². The predicted octanol–water partition coefficient (Wildman–Crippen LogP) is 2.61. The summed E-state index contributed by atoms with van der Waals surface area (Å²) in [7, 11) is -4.21. The van der Waals surface area contributed by atoms with Gasteiger partial charge in [0.2, 0.25) is 0 Å². The molecule has 0 radical (unpaired) electrons. The molecule has 2 N–H and O–H groups in total. The first-order chi connectivity index (χ1) is 11.9. The molecule has 0 spiro atoms. The van der Waals surface area contributed by atoms with Gasteiger partial charge in [-0.25, -0.2) is 4.18 Å². The van der Waals surface area contributed by atoms with Gasteiger partial charge in [0.15, 0.2) is 0 Å². The Bertz CT molecular complexity index is 572. The molecule has 0 aliphatic carbocycles. The molecule has 0 bridgehead atoms. The fourth-order valence-electron chi connectivity index (χ4n) is 2.34. The number of morpholine rings is 1. The lowest BCUT2D eigenvalue weighted by atomic mass is 10.2. The van der Waals surface area contributed by atoms with Gasteiger partial charge in [0.25, 0.3) is 0 Å². The molecule has 0 unspecified atom stereocenters. The van der Waals surface area contributed by atoms with Crippen LogP contribution in [0.15, 0.2) is 24.3 Å². The third kappa shape index (κ3) is 11.1. The molecule has 1 aliphatic heterocycles. The number of nitrogens with zero attached hydrogens (tertiary/aromatic N) is 1. The molecule has 1 saturated heterocycles. The maximum absolute atomic E-state index is 10.00. The van der Waals surface area contributed by atoms with Gasteiger partial charge in [0.05, 0.1) is 19.8 Å². The Morgan fingerprint density at radius 3 is 2.44 bits per heavy atom. The van der Waals surface area contributed by atoms with Crippen molar-refractivity contribution < 1.29 is 27.0 Å². The highest BCUT2D eigenvalue weighted by molar-refractivity contribution is 7.80. The first kappa shape index (κ1) is 21.9. The minimum Gasteiger partial charge on any atom is -0.508 e. The highest BCUT2D eigenvalue weighted by atomic mass is 32.3. The molecule has 1 aromatic carbocycles. The quantitative estimate of drug-likeness (QED) is 0.532. The molecule has 2 rings (SSSR count). The van der Waals surface area contributed by atoms with E-state index < -0.39 is 10.4 Å². The molecular weight excluding hydrogens is 346 g/mol. The molecular formula is C17H29NO6S. The number of rotatable bonds is 8. The summed E-state index contributed by atoms with van der Waals surface area (Å²) in [5, 5.41) is 9.58. The number of phenols is 1. The molecule has 1 heterocycles. The van der Waals surface area contributed by atoms with Crippen molar-refractivity contribution in [2.24, 2.45) is 0 Å². The standard InChI is InChI=1S/C11H15NO2.C6H14O4S/c13-11-4-2-1-3-10(11)9-12-5-7-14-8-6-12;1-2-3-4-5-6-10-11(7,8)9/h1-4,13H,5-9H2;2-6H2,1H3,(H,7,8,9). The van der Waals surface area contributed by atoms with Crippen molar-refractivity contribution in [2.45, 2.75) is 39.2 Å². The number of unbranched alkanes of at least 4 members (excludes halogenated alkanes) is 3. The molecule has 0 amide bonds. The number of phenolic OH excluding ortho intramolecular Hbond substituents is 1. The van der Waals surface area contributed by atoms with Gasteiger partial charge in [0, 0.05) is 25.2 Å². The SMILES string of the molecule is CCCCCCOS(=O)(=O)O.Oc1ccccc1CN1CCOCC1. The lowest BCUT2D eigenvalue weighted by molar-refractivity contribution is 0.0339. The van der Waals surface area contributed by atoms with Gasteiger partial charge in [0.1, 0.15) is 5.75 Å². The van der Waals surface area contributed by atoms with Gasteiger partial charge in [-0.15, -0.1) is 0 Å². The van der Waals surface area contributed by atoms with Crippen LogP contribution in [0.5, 0.6) is 5.75 Å². The van der Waals surface area contributed by atoms with Gasteiger partial charge in [-0.2, -0.15) is 8.42 Å². The summed E-state index contributed by atoms with van der Waals surface area (Å²) >= 11 is 0. The normalized spacial score (nSPS) is 15.4. The fraction of sp³-hybridized carbons (Fsp3) is 0.647. The monoisotopic (exact) mass is 375 g/mol. The van der Waals surface area contributed by atoms with Crippen molar-refractivity contribution >= 4 is 10.4 Å². The maximum atomic E-state index is 10.00. The third-order valence-electron chi connectivity index (χ3n) is 3.72. The zero-order valence-corrected chi connectivity index (χ0v) is 15.6. The van der Waals surface area contributed by atoms with Gasteiger partial charge in [-0.05, 0) is 12.5 Å². The number of para-hydroxylation sites is 1. The summed E-state index contributed by atoms with van der Waals surface area (Å²) in [6, 6.07) is 7.49. The fourth-order valence-corrected chi connectivity index (χ4v) is 2.67. The van der Waals surface area contributed by atoms with Crippen molar-refractivity contribution in [1.82, 2.24) is 4.90 Å². The summed E-state index contributed by atoms with van der Waals surface area (Å²) < 4.78 is 37.5. The Labute approximate surface area is 150 Å². The van der Waals surface area contributed by atoms with Crippen LogP contribution in [-0.2, 0) is 25.9 Å². The van der Waals surface area contributed by atoms with E-state index in [9.17, 15) is 13.5 Å². The van der Waals surface area contributed by atoms with Gasteiger partial charge in [-0.3, -0.25) is 9.45 Å². The average molecular weight is 375 g/mol. The lowest BCUT2D eigenvalue weighted by Gasteiger charge is -2.26. The van der Waals surface area contributed by atoms with Gasteiger partial charge >= 0.3 is 10.4 Å². The van der Waals surface area contributed by atoms with Crippen LogP contribution in [0.3, 0.4) is 0 Å². The molecule has 0 saturated carbocycles. The van der Waals surface area contributed by atoms with E-state index in [-0.39, 0.29) is 6.61 Å². The Morgan fingerprint density at radius 2 is 1.84 bits per heavy atom. The van der Waals surface area contributed by atoms with E-state index in [1.165, 1.54) is 0 Å². The number of hydrogen-bond donors (Lipinski definition) is 2. The van der Waals surface area contributed by atoms with Gasteiger partial charge < -0.3 is 9.84 Å². The Hall–Kier alpha value is -1.19. The van der Waals surface area contributed by atoms with Crippen molar-refractivity contribution in [1.29, 1.82) is 0 Å².